The first-order valence-corrected chi connectivity index (χ1v) is 25.5. The third-order valence-electron chi connectivity index (χ3n) is 11.2. The number of hydrogen-bond acceptors (Lipinski definition) is 9. The second-order valence-electron chi connectivity index (χ2n) is 17.6. The van der Waals surface area contributed by atoms with Crippen molar-refractivity contribution in [2.45, 2.75) is 96.1 Å². The van der Waals surface area contributed by atoms with Crippen LogP contribution in [0.2, 0.25) is 0 Å². The van der Waals surface area contributed by atoms with Gasteiger partial charge < -0.3 is 39.2 Å². The summed E-state index contributed by atoms with van der Waals surface area (Å²) in [4.78, 5) is 101. The molecule has 0 N–H and O–H groups in total. The van der Waals surface area contributed by atoms with E-state index in [1.165, 1.54) is 18.7 Å². The lowest BCUT2D eigenvalue weighted by Crippen LogP contribution is -2.46. The Labute approximate surface area is 458 Å². The van der Waals surface area contributed by atoms with Crippen LogP contribution in [0, 0.1) is 0 Å². The summed E-state index contributed by atoms with van der Waals surface area (Å²) in [5, 5.41) is 0. The lowest BCUT2D eigenvalue weighted by molar-refractivity contribution is -0.130. The molecule has 0 aliphatic carbocycles. The van der Waals surface area contributed by atoms with Crippen LogP contribution in [0.3, 0.4) is 0 Å². The Kier molecular flexibility index (Phi) is 44.9. The van der Waals surface area contributed by atoms with E-state index in [9.17, 15) is 38.4 Å². The van der Waals surface area contributed by atoms with Crippen LogP contribution in [0.4, 0.5) is 17.1 Å². The van der Waals surface area contributed by atoms with Crippen molar-refractivity contribution >= 4 is 64.3 Å². The van der Waals surface area contributed by atoms with E-state index in [1.54, 1.807) is 118 Å². The number of likely N-dealkylation sites (N-methyl/N-ethyl adjacent to an activating group) is 1. The number of nitrogens with zero attached hydrogens (tertiary/aromatic N) is 9. The molecule has 17 heteroatoms. The van der Waals surface area contributed by atoms with Gasteiger partial charge in [0.2, 0.25) is 47.3 Å². The van der Waals surface area contributed by atoms with E-state index in [1.807, 2.05) is 131 Å². The van der Waals surface area contributed by atoms with Gasteiger partial charge in [-0.25, -0.2) is 0 Å². The maximum Gasteiger partial charge on any atom is 0.228 e. The van der Waals surface area contributed by atoms with Crippen molar-refractivity contribution in [1.82, 2.24) is 34.3 Å². The lowest BCUT2D eigenvalue weighted by atomic mass is 10.2. The summed E-state index contributed by atoms with van der Waals surface area (Å²) in [7, 11) is 10.9. The molecule has 1 aliphatic rings. The first-order valence-electron chi connectivity index (χ1n) is 25.5. The van der Waals surface area contributed by atoms with Crippen molar-refractivity contribution < 1.29 is 38.4 Å². The molecule has 76 heavy (non-hydrogen) atoms. The van der Waals surface area contributed by atoms with Crippen molar-refractivity contribution in [3.63, 3.8) is 0 Å². The number of rotatable bonds is 11. The molecule has 0 saturated carbocycles. The minimum Gasteiger partial charge on any atom is -0.349 e. The third-order valence-corrected chi connectivity index (χ3v) is 11.2. The van der Waals surface area contributed by atoms with Gasteiger partial charge in [0.1, 0.15) is 0 Å². The monoisotopic (exact) mass is 1060 g/mol. The third kappa shape index (κ3) is 38.4. The first kappa shape index (κ1) is 75.4. The Bertz CT molecular complexity index is 2030. The van der Waals surface area contributed by atoms with Gasteiger partial charge in [-0.2, -0.15) is 0 Å². The molecule has 0 atom stereocenters. The van der Waals surface area contributed by atoms with Crippen LogP contribution < -0.4 is 9.80 Å². The maximum atomic E-state index is 11.7. The fourth-order valence-corrected chi connectivity index (χ4v) is 5.52. The van der Waals surface area contributed by atoms with Crippen LogP contribution in [0.1, 0.15) is 90.0 Å². The van der Waals surface area contributed by atoms with Gasteiger partial charge in [-0.3, -0.25) is 43.3 Å². The Morgan fingerprint density at radius 3 is 1.03 bits per heavy atom. The van der Waals surface area contributed by atoms with Gasteiger partial charge in [-0.05, 0) is 78.1 Å². The highest BCUT2D eigenvalue weighted by Gasteiger charge is 2.15. The number of benzene rings is 3. The van der Waals surface area contributed by atoms with Gasteiger partial charge in [0.05, 0.1) is 0 Å². The zero-order chi connectivity index (χ0) is 59.5. The minimum atomic E-state index is 0.0115. The van der Waals surface area contributed by atoms with Crippen LogP contribution in [0.25, 0.3) is 0 Å². The van der Waals surface area contributed by atoms with Crippen LogP contribution >= 0.6 is 0 Å². The van der Waals surface area contributed by atoms with Crippen molar-refractivity contribution in [1.29, 1.82) is 0 Å². The summed E-state index contributed by atoms with van der Waals surface area (Å²) >= 11 is 0. The number of amides is 8. The van der Waals surface area contributed by atoms with E-state index in [2.05, 4.69) is 25.1 Å². The van der Waals surface area contributed by atoms with Gasteiger partial charge in [-0.1, -0.05) is 66.7 Å². The normalized spacial score (nSPS) is 10.7. The van der Waals surface area contributed by atoms with E-state index in [4.69, 9.17) is 0 Å². The summed E-state index contributed by atoms with van der Waals surface area (Å²) in [5.41, 5.74) is 2.71. The van der Waals surface area contributed by atoms with Crippen molar-refractivity contribution in [2.24, 2.45) is 0 Å². The van der Waals surface area contributed by atoms with Crippen molar-refractivity contribution in [2.75, 3.05) is 111 Å². The standard InChI is InChI=1S/C14H13NO.C9H11NO.C8H13NO.C7H14N2O.2C6H13NO.C5H11NO.C4H9NO/c1-12(16)15(13-8-4-2-5-9-13)14-10-6-3-7-11-14;1-8(11)10(2)9-6-4-3-5-7-9;1-4-6-9(7-5-2)8(3)10;1-7(10)9-5-3-8(2)4-6-9;1-5(2)7(4)6(3)8;1-4-7(5-2)6(3)8;1-4-6(3)5(2)7;1-4(6)5(2)3/h2-11H,1H3;3-7H,1-2H3;4-5H,1-2,6-7H2,3H3;3-6H2,1-2H3;5H,1-4H3;4-5H2,1-3H3;4H2,1-3H3;1-3H3. The number of hydrogen-bond donors (Lipinski definition) is 0. The fraction of sp³-hybridized carbons (Fsp3) is 0.492. The Morgan fingerprint density at radius 1 is 0.487 bits per heavy atom. The summed E-state index contributed by atoms with van der Waals surface area (Å²) in [6, 6.07) is 29.2. The number of carbonyl (C=O) groups excluding carboxylic acids is 8. The second kappa shape index (κ2) is 45.3. The molecule has 1 heterocycles. The second-order valence-corrected chi connectivity index (χ2v) is 17.6. The zero-order valence-corrected chi connectivity index (χ0v) is 50.0. The van der Waals surface area contributed by atoms with E-state index >= 15 is 0 Å². The summed E-state index contributed by atoms with van der Waals surface area (Å²) < 4.78 is 0. The van der Waals surface area contributed by atoms with Crippen LogP contribution in [-0.4, -0.2) is 189 Å². The Morgan fingerprint density at radius 2 is 0.842 bits per heavy atom. The smallest absolute Gasteiger partial charge is 0.228 e. The van der Waals surface area contributed by atoms with Gasteiger partial charge in [-0.15, -0.1) is 13.2 Å². The Balaban J connectivity index is -0.000000398. The van der Waals surface area contributed by atoms with Crippen molar-refractivity contribution in [3.8, 4) is 0 Å². The van der Waals surface area contributed by atoms with E-state index in [-0.39, 0.29) is 47.3 Å². The van der Waals surface area contributed by atoms with Gasteiger partial charge in [0, 0.05) is 173 Å². The molecule has 3 aromatic rings. The molecule has 0 aromatic heterocycles. The minimum absolute atomic E-state index is 0.0115. The molecule has 0 unspecified atom stereocenters. The number of anilines is 3. The van der Waals surface area contributed by atoms with Crippen LogP contribution in [0.15, 0.2) is 116 Å². The largest absolute Gasteiger partial charge is 0.349 e. The molecule has 3 aromatic carbocycles. The molecule has 4 rings (SSSR count). The fourth-order valence-electron chi connectivity index (χ4n) is 5.52. The van der Waals surface area contributed by atoms with Gasteiger partial charge in [0.15, 0.2) is 0 Å². The van der Waals surface area contributed by atoms with E-state index in [0.29, 0.717) is 19.1 Å². The molecule has 0 radical (unpaired) electrons. The molecular weight excluding hydrogens is 963 g/mol. The number of para-hydroxylation sites is 3. The van der Waals surface area contributed by atoms with Gasteiger partial charge in [0.25, 0.3) is 0 Å². The van der Waals surface area contributed by atoms with Gasteiger partial charge >= 0.3 is 0 Å². The first-order chi connectivity index (χ1) is 35.5. The molecule has 0 bridgehead atoms. The molecular formula is C59H97N9O8. The zero-order valence-electron chi connectivity index (χ0n) is 50.0. The van der Waals surface area contributed by atoms with Crippen LogP contribution in [-0.2, 0) is 38.4 Å². The Hall–Kier alpha value is -7.14. The summed E-state index contributed by atoms with van der Waals surface area (Å²) in [6.07, 6.45) is 3.40. The molecule has 17 nitrogen and oxygen atoms in total. The highest BCUT2D eigenvalue weighted by atomic mass is 16.2. The average molecular weight is 1060 g/mol. The van der Waals surface area contributed by atoms with Crippen molar-refractivity contribution in [3.05, 3.63) is 116 Å². The molecule has 1 fully saturated rings. The van der Waals surface area contributed by atoms with E-state index < -0.39 is 0 Å². The molecule has 8 amide bonds. The summed E-state index contributed by atoms with van der Waals surface area (Å²) in [6.45, 7) is 36.9. The summed E-state index contributed by atoms with van der Waals surface area (Å²) in [5.74, 6) is 0.828. The molecule has 1 aliphatic heterocycles. The maximum absolute atomic E-state index is 11.7. The lowest BCUT2D eigenvalue weighted by Gasteiger charge is -2.31. The molecule has 426 valence electrons. The predicted molar refractivity (Wildman–Crippen MR) is 314 cm³/mol. The molecule has 0 spiro atoms. The predicted octanol–water partition coefficient (Wildman–Crippen LogP) is 8.35. The number of piperazine rings is 1. The quantitative estimate of drug-likeness (QED) is 0.172. The average Bonchev–Trinajstić information content (AvgIpc) is 3.38. The molecule has 1 saturated heterocycles. The topological polar surface area (TPSA) is 166 Å². The number of carbonyl (C=O) groups is 8. The highest BCUT2D eigenvalue weighted by molar-refractivity contribution is 5.99. The van der Waals surface area contributed by atoms with E-state index in [0.717, 1.165) is 62.9 Å². The highest BCUT2D eigenvalue weighted by Crippen LogP contribution is 2.24. The van der Waals surface area contributed by atoms with Crippen LogP contribution in [0.5, 0.6) is 0 Å². The SMILES string of the molecule is C=CCN(CC=C)C(C)=O.CC(=O)N(C)C.CC(=O)N(C)C(C)C.CC(=O)N(C)c1ccccc1.CC(=O)N(c1ccccc1)c1ccccc1.CC(=O)N1CCN(C)CC1.CCN(C)C(C)=O.CCN(CC)C(C)=O.